The lowest BCUT2D eigenvalue weighted by Gasteiger charge is -2.33. The van der Waals surface area contributed by atoms with E-state index < -0.39 is 32.7 Å². The molecule has 160 valence electrons. The summed E-state index contributed by atoms with van der Waals surface area (Å²) in [5.41, 5.74) is 1.29. The Morgan fingerprint density at radius 2 is 1.97 bits per heavy atom. The molecule has 1 unspecified atom stereocenters. The Morgan fingerprint density at radius 3 is 2.62 bits per heavy atom. The molecule has 0 aromatic heterocycles. The number of carbonyl (C=O) groups excluding carboxylic acids is 1. The molecular weight excluding hydrogens is 399 g/mol. The van der Waals surface area contributed by atoms with Gasteiger partial charge in [0.1, 0.15) is 5.82 Å². The molecule has 6 nitrogen and oxygen atoms in total. The number of benzene rings is 1. The van der Waals surface area contributed by atoms with Crippen LogP contribution in [0.1, 0.15) is 44.2 Å². The van der Waals surface area contributed by atoms with Crippen LogP contribution in [-0.2, 0) is 41.0 Å². The van der Waals surface area contributed by atoms with E-state index in [1.807, 2.05) is 6.92 Å². The van der Waals surface area contributed by atoms with E-state index >= 15 is 0 Å². The van der Waals surface area contributed by atoms with E-state index in [9.17, 15) is 17.6 Å². The number of sulfone groups is 1. The van der Waals surface area contributed by atoms with Crippen molar-refractivity contribution in [1.82, 2.24) is 0 Å². The van der Waals surface area contributed by atoms with E-state index in [0.29, 0.717) is 37.2 Å². The summed E-state index contributed by atoms with van der Waals surface area (Å²) in [5, 5.41) is -1.01. The maximum Gasteiger partial charge on any atom is 0.335 e. The third-order valence-electron chi connectivity index (χ3n) is 5.24. The summed E-state index contributed by atoms with van der Waals surface area (Å²) in [4.78, 5) is 12.5. The van der Waals surface area contributed by atoms with E-state index in [1.54, 1.807) is 6.92 Å². The predicted octanol–water partition coefficient (Wildman–Crippen LogP) is 3.09. The van der Waals surface area contributed by atoms with Crippen molar-refractivity contribution in [3.8, 4) is 0 Å². The van der Waals surface area contributed by atoms with Crippen molar-refractivity contribution in [2.75, 3.05) is 19.8 Å². The zero-order valence-corrected chi connectivity index (χ0v) is 17.6. The first kappa shape index (κ1) is 21.9. The van der Waals surface area contributed by atoms with Crippen LogP contribution in [-0.4, -0.2) is 45.2 Å². The molecule has 1 spiro atoms. The molecule has 1 atom stereocenters. The maximum absolute atomic E-state index is 13.6. The van der Waals surface area contributed by atoms with Crippen molar-refractivity contribution in [2.24, 2.45) is 0 Å². The quantitative estimate of drug-likeness (QED) is 0.624. The van der Waals surface area contributed by atoms with Gasteiger partial charge in [0.2, 0.25) is 0 Å². The molecule has 0 N–H and O–H groups in total. The van der Waals surface area contributed by atoms with Crippen molar-refractivity contribution in [3.05, 3.63) is 46.8 Å². The third-order valence-corrected chi connectivity index (χ3v) is 7.31. The molecular formula is C21H27FO6S. The number of rotatable bonds is 7. The van der Waals surface area contributed by atoms with Crippen LogP contribution >= 0.6 is 0 Å². The molecule has 0 bridgehead atoms. The first-order valence-corrected chi connectivity index (χ1v) is 11.7. The first-order valence-electron chi connectivity index (χ1n) is 9.97. The monoisotopic (exact) mass is 426 g/mol. The predicted molar refractivity (Wildman–Crippen MR) is 105 cm³/mol. The van der Waals surface area contributed by atoms with Gasteiger partial charge in [0.25, 0.3) is 0 Å². The Bertz CT molecular complexity index is 886. The largest absolute Gasteiger partial charge is 0.463 e. The standard InChI is InChI=1S/C21H27FO6S/c1-3-5-15-12-17(22)7-6-16(15)14-29(24,25)19-8-9-21(27-10-11-28-21)13-18(19)20(23)26-4-2/h6-7,12-13,19H,3-5,8-11,14H2,1-2H3. The summed E-state index contributed by atoms with van der Waals surface area (Å²) in [7, 11) is -3.75. The molecule has 1 aliphatic carbocycles. The molecule has 1 aromatic carbocycles. The highest BCUT2D eigenvalue weighted by Gasteiger charge is 2.46. The highest BCUT2D eigenvalue weighted by Crippen LogP contribution is 2.38. The van der Waals surface area contributed by atoms with Crippen molar-refractivity contribution in [2.45, 2.75) is 56.3 Å². The molecule has 3 rings (SSSR count). The summed E-state index contributed by atoms with van der Waals surface area (Å²) in [5.74, 6) is -2.39. The van der Waals surface area contributed by atoms with Crippen LogP contribution in [0.3, 0.4) is 0 Å². The number of hydrogen-bond donors (Lipinski definition) is 0. The van der Waals surface area contributed by atoms with Gasteiger partial charge in [-0.3, -0.25) is 0 Å². The number of hydrogen-bond acceptors (Lipinski definition) is 6. The number of esters is 1. The average Bonchev–Trinajstić information content (AvgIpc) is 3.12. The summed E-state index contributed by atoms with van der Waals surface area (Å²) in [6, 6.07) is 4.16. The molecule has 0 radical (unpaired) electrons. The van der Waals surface area contributed by atoms with Crippen molar-refractivity contribution < 1.29 is 31.8 Å². The van der Waals surface area contributed by atoms with Crippen LogP contribution in [0.25, 0.3) is 0 Å². The lowest BCUT2D eigenvalue weighted by Crippen LogP contribution is -2.41. The second-order valence-corrected chi connectivity index (χ2v) is 9.51. The highest BCUT2D eigenvalue weighted by atomic mass is 32.2. The van der Waals surface area contributed by atoms with Gasteiger partial charge >= 0.3 is 5.97 Å². The van der Waals surface area contributed by atoms with Gasteiger partial charge < -0.3 is 14.2 Å². The van der Waals surface area contributed by atoms with E-state index in [-0.39, 0.29) is 24.4 Å². The fraction of sp³-hybridized carbons (Fsp3) is 0.571. The van der Waals surface area contributed by atoms with Gasteiger partial charge in [0.05, 0.1) is 36.4 Å². The topological polar surface area (TPSA) is 78.9 Å². The van der Waals surface area contributed by atoms with Gasteiger partial charge in [-0.25, -0.2) is 17.6 Å². The molecule has 1 heterocycles. The average molecular weight is 427 g/mol. The lowest BCUT2D eigenvalue weighted by atomic mass is 9.94. The molecule has 1 aliphatic heterocycles. The van der Waals surface area contributed by atoms with Gasteiger partial charge in [-0.05, 0) is 49.1 Å². The van der Waals surface area contributed by atoms with Gasteiger partial charge in [-0.1, -0.05) is 19.4 Å². The molecule has 1 fully saturated rings. The Balaban J connectivity index is 1.93. The Kier molecular flexibility index (Phi) is 6.76. The zero-order chi connectivity index (χ0) is 21.1. The number of halogens is 1. The summed E-state index contributed by atoms with van der Waals surface area (Å²) < 4.78 is 56.6. The van der Waals surface area contributed by atoms with Crippen LogP contribution in [0.4, 0.5) is 4.39 Å². The SMILES string of the molecule is CCCc1cc(F)ccc1CS(=O)(=O)C1CCC2(C=C1C(=O)OCC)OCCO2. The first-order chi connectivity index (χ1) is 13.8. The molecule has 29 heavy (non-hydrogen) atoms. The number of carbonyl (C=O) groups is 1. The molecule has 1 saturated heterocycles. The van der Waals surface area contributed by atoms with E-state index in [0.717, 1.165) is 6.42 Å². The van der Waals surface area contributed by atoms with E-state index in [4.69, 9.17) is 14.2 Å². The van der Waals surface area contributed by atoms with Crippen molar-refractivity contribution >= 4 is 15.8 Å². The summed E-state index contributed by atoms with van der Waals surface area (Å²) in [6.07, 6.45) is 3.35. The summed E-state index contributed by atoms with van der Waals surface area (Å²) >= 11 is 0. The number of ether oxygens (including phenoxy) is 3. The fourth-order valence-electron chi connectivity index (χ4n) is 3.92. The van der Waals surface area contributed by atoms with Crippen LogP contribution in [0.2, 0.25) is 0 Å². The number of aryl methyl sites for hydroxylation is 1. The van der Waals surface area contributed by atoms with Gasteiger partial charge in [0, 0.05) is 6.42 Å². The van der Waals surface area contributed by atoms with Gasteiger partial charge in [-0.15, -0.1) is 0 Å². The molecule has 8 heteroatoms. The lowest BCUT2D eigenvalue weighted by molar-refractivity contribution is -0.143. The van der Waals surface area contributed by atoms with Gasteiger partial charge in [0.15, 0.2) is 15.6 Å². The second kappa shape index (κ2) is 8.93. The zero-order valence-electron chi connectivity index (χ0n) is 16.8. The minimum absolute atomic E-state index is 0.0548. The normalized spacial score (nSPS) is 21.2. The third kappa shape index (κ3) is 4.87. The van der Waals surface area contributed by atoms with E-state index in [1.165, 1.54) is 24.3 Å². The second-order valence-electron chi connectivity index (χ2n) is 7.33. The summed E-state index contributed by atoms with van der Waals surface area (Å²) in [6.45, 7) is 4.53. The van der Waals surface area contributed by atoms with Crippen LogP contribution in [0.15, 0.2) is 29.8 Å². The molecule has 0 saturated carbocycles. The van der Waals surface area contributed by atoms with Crippen molar-refractivity contribution in [3.63, 3.8) is 0 Å². The Hall–Kier alpha value is -1.77. The minimum Gasteiger partial charge on any atom is -0.463 e. The smallest absolute Gasteiger partial charge is 0.335 e. The highest BCUT2D eigenvalue weighted by molar-refractivity contribution is 7.91. The fourth-order valence-corrected chi connectivity index (χ4v) is 5.86. The molecule has 2 aliphatic rings. The van der Waals surface area contributed by atoms with Crippen LogP contribution in [0.5, 0.6) is 0 Å². The van der Waals surface area contributed by atoms with E-state index in [2.05, 4.69) is 0 Å². The maximum atomic E-state index is 13.6. The minimum atomic E-state index is -3.75. The molecule has 0 amide bonds. The van der Waals surface area contributed by atoms with Crippen molar-refractivity contribution in [1.29, 1.82) is 0 Å². The van der Waals surface area contributed by atoms with Crippen LogP contribution < -0.4 is 0 Å². The van der Waals surface area contributed by atoms with Gasteiger partial charge in [-0.2, -0.15) is 0 Å². The molecule has 1 aromatic rings. The Labute approximate surface area is 170 Å². The van der Waals surface area contributed by atoms with Crippen LogP contribution in [0, 0.1) is 5.82 Å². The Morgan fingerprint density at radius 1 is 1.24 bits per heavy atom.